The number of fused-ring (bicyclic) bond motifs is 1. The summed E-state index contributed by atoms with van der Waals surface area (Å²) >= 11 is 0. The van der Waals surface area contributed by atoms with E-state index in [1.54, 1.807) is 43.3 Å². The fraction of sp³-hybridized carbons (Fsp3) is 0.414. The van der Waals surface area contributed by atoms with Crippen LogP contribution in [-0.2, 0) is 43.7 Å². The van der Waals surface area contributed by atoms with Crippen LogP contribution in [0.25, 0.3) is 0 Å². The summed E-state index contributed by atoms with van der Waals surface area (Å²) in [5.41, 5.74) is 4.04. The summed E-state index contributed by atoms with van der Waals surface area (Å²) in [4.78, 5) is 30.4. The Balaban J connectivity index is 1.67. The third kappa shape index (κ3) is 6.74. The van der Waals surface area contributed by atoms with Crippen molar-refractivity contribution in [2.45, 2.75) is 56.6 Å². The molecule has 0 saturated carbocycles. The second-order valence-corrected chi connectivity index (χ2v) is 11.8. The minimum Gasteiger partial charge on any atom is -0.464 e. The molecule has 0 bridgehead atoms. The number of benzene rings is 2. The molecule has 39 heavy (non-hydrogen) atoms. The van der Waals surface area contributed by atoms with Gasteiger partial charge in [-0.15, -0.1) is 0 Å². The number of esters is 1. The van der Waals surface area contributed by atoms with Gasteiger partial charge in [-0.1, -0.05) is 29.8 Å². The van der Waals surface area contributed by atoms with Crippen molar-refractivity contribution in [3.05, 3.63) is 76.4 Å². The van der Waals surface area contributed by atoms with Crippen LogP contribution in [0.15, 0.2) is 59.0 Å². The molecule has 0 saturated heterocycles. The van der Waals surface area contributed by atoms with Crippen molar-refractivity contribution >= 4 is 21.9 Å². The summed E-state index contributed by atoms with van der Waals surface area (Å²) in [6.45, 7) is 5.50. The molecule has 9 nitrogen and oxygen atoms in total. The van der Waals surface area contributed by atoms with Crippen LogP contribution < -0.4 is 4.72 Å². The summed E-state index contributed by atoms with van der Waals surface area (Å²) < 4.78 is 35.1. The molecule has 2 atom stereocenters. The first-order chi connectivity index (χ1) is 18.6. The van der Waals surface area contributed by atoms with Gasteiger partial charge in [0.05, 0.1) is 23.1 Å². The van der Waals surface area contributed by atoms with E-state index in [1.807, 2.05) is 26.1 Å². The van der Waals surface area contributed by atoms with Crippen molar-refractivity contribution in [2.75, 3.05) is 26.7 Å². The molecular weight excluding hydrogens is 516 g/mol. The van der Waals surface area contributed by atoms with Gasteiger partial charge in [-0.2, -0.15) is 9.98 Å². The molecule has 0 aliphatic carbocycles. The number of carbonyl (C=O) groups excluding carboxylic acids is 2. The number of likely N-dealkylation sites (N-methyl/N-ethyl adjacent to an activating group) is 1. The Kier molecular flexibility index (Phi) is 8.85. The van der Waals surface area contributed by atoms with Crippen molar-refractivity contribution in [1.82, 2.24) is 14.5 Å². The van der Waals surface area contributed by atoms with Crippen LogP contribution in [0.1, 0.15) is 42.5 Å². The van der Waals surface area contributed by atoms with E-state index in [2.05, 4.69) is 15.7 Å². The molecule has 2 aromatic carbocycles. The zero-order valence-corrected chi connectivity index (χ0v) is 23.3. The Morgan fingerprint density at radius 1 is 1.21 bits per heavy atom. The maximum Gasteiger partial charge on any atom is 0.329 e. The molecule has 0 fully saturated rings. The van der Waals surface area contributed by atoms with Gasteiger partial charge in [-0.3, -0.25) is 4.79 Å². The smallest absolute Gasteiger partial charge is 0.329 e. The van der Waals surface area contributed by atoms with Gasteiger partial charge in [0.1, 0.15) is 12.1 Å². The monoisotopic (exact) mass is 550 g/mol. The highest BCUT2D eigenvalue weighted by molar-refractivity contribution is 7.89. The number of hydrogen-bond donors (Lipinski definition) is 1. The average molecular weight is 551 g/mol. The third-order valence-corrected chi connectivity index (χ3v) is 8.62. The predicted molar refractivity (Wildman–Crippen MR) is 146 cm³/mol. The first kappa shape index (κ1) is 28.5. The van der Waals surface area contributed by atoms with Gasteiger partial charge in [-0.25, -0.2) is 13.2 Å². The van der Waals surface area contributed by atoms with E-state index in [-0.39, 0.29) is 24.5 Å². The highest BCUT2D eigenvalue weighted by atomic mass is 32.2. The number of nitriles is 1. The van der Waals surface area contributed by atoms with Crippen LogP contribution in [0.4, 0.5) is 0 Å². The topological polar surface area (TPSA) is 120 Å². The highest BCUT2D eigenvalue weighted by Gasteiger charge is 2.38. The molecule has 1 N–H and O–H groups in total. The van der Waals surface area contributed by atoms with Gasteiger partial charge in [0.2, 0.25) is 15.9 Å². The summed E-state index contributed by atoms with van der Waals surface area (Å²) in [5.74, 6) is -1.05. The first-order valence-corrected chi connectivity index (χ1v) is 14.5. The van der Waals surface area contributed by atoms with Gasteiger partial charge in [0.25, 0.3) is 0 Å². The normalized spacial score (nSPS) is 18.5. The first-order valence-electron chi connectivity index (χ1n) is 13.1. The number of ether oxygens (including phenoxy) is 1. The molecule has 1 amide bonds. The van der Waals surface area contributed by atoms with Crippen LogP contribution >= 0.6 is 0 Å². The molecule has 0 radical (unpaired) electrons. The maximum atomic E-state index is 14.0. The van der Waals surface area contributed by atoms with Crippen molar-refractivity contribution < 1.29 is 22.7 Å². The highest BCUT2D eigenvalue weighted by Crippen LogP contribution is 2.24. The molecule has 2 aliphatic heterocycles. The van der Waals surface area contributed by atoms with Crippen molar-refractivity contribution in [2.24, 2.45) is 0 Å². The Morgan fingerprint density at radius 3 is 2.74 bits per heavy atom. The molecule has 2 aromatic rings. The lowest BCUT2D eigenvalue weighted by molar-refractivity contribution is -0.155. The summed E-state index contributed by atoms with van der Waals surface area (Å²) in [6, 6.07) is 11.8. The van der Waals surface area contributed by atoms with Crippen LogP contribution in [0, 0.1) is 11.3 Å². The molecule has 0 spiro atoms. The fourth-order valence-electron chi connectivity index (χ4n) is 5.05. The zero-order valence-electron chi connectivity index (χ0n) is 22.5. The van der Waals surface area contributed by atoms with Gasteiger partial charge in [0, 0.05) is 19.6 Å². The lowest BCUT2D eigenvalue weighted by Crippen LogP contribution is -2.56. The number of amides is 1. The number of carbonyl (C=O) groups is 2. The molecule has 2 heterocycles. The van der Waals surface area contributed by atoms with Gasteiger partial charge in [0.15, 0.2) is 0 Å². The maximum absolute atomic E-state index is 14.0. The molecule has 4 rings (SSSR count). The number of hydrogen-bond acceptors (Lipinski definition) is 7. The van der Waals surface area contributed by atoms with E-state index in [0.717, 1.165) is 36.2 Å². The quantitative estimate of drug-likeness (QED) is 0.396. The number of nitrogens with zero attached hydrogens (tertiary/aromatic N) is 3. The largest absolute Gasteiger partial charge is 0.464 e. The van der Waals surface area contributed by atoms with Gasteiger partial charge >= 0.3 is 5.97 Å². The van der Waals surface area contributed by atoms with Crippen molar-refractivity contribution in [3.63, 3.8) is 0 Å². The van der Waals surface area contributed by atoms with Gasteiger partial charge < -0.3 is 14.5 Å². The molecule has 10 heteroatoms. The summed E-state index contributed by atoms with van der Waals surface area (Å²) in [7, 11) is -2.07. The van der Waals surface area contributed by atoms with E-state index in [9.17, 15) is 23.3 Å². The van der Waals surface area contributed by atoms with Crippen LogP contribution in [0.2, 0.25) is 0 Å². The van der Waals surface area contributed by atoms with Crippen LogP contribution in [0.5, 0.6) is 0 Å². The predicted octanol–water partition coefficient (Wildman–Crippen LogP) is 2.55. The lowest BCUT2D eigenvalue weighted by atomic mass is 9.98. The average Bonchev–Trinajstić information content (AvgIpc) is 2.92. The Labute approximate surface area is 230 Å². The van der Waals surface area contributed by atoms with Crippen LogP contribution in [-0.4, -0.2) is 68.9 Å². The molecular formula is C29H34N4O5S. The Morgan fingerprint density at radius 2 is 2.00 bits per heavy atom. The van der Waals surface area contributed by atoms with Crippen molar-refractivity contribution in [1.29, 1.82) is 5.26 Å². The van der Waals surface area contributed by atoms with Crippen molar-refractivity contribution in [3.8, 4) is 6.07 Å². The molecule has 206 valence electrons. The Hall–Kier alpha value is -3.52. The zero-order chi connectivity index (χ0) is 28.2. The second-order valence-electron chi connectivity index (χ2n) is 10.1. The van der Waals surface area contributed by atoms with E-state index in [0.29, 0.717) is 17.5 Å². The molecule has 0 unspecified atom stereocenters. The molecule has 2 aliphatic rings. The summed E-state index contributed by atoms with van der Waals surface area (Å²) in [6.07, 6.45) is 2.92. The lowest BCUT2D eigenvalue weighted by Gasteiger charge is -2.35. The minimum absolute atomic E-state index is 0.0120. The number of nitrogens with one attached hydrogen (secondary N) is 1. The SMILES string of the molecule is CCOC(=O)[C@H]1CC(C)=CCN1C(=O)[C@H](Cc1cccc(C#N)c1)NS(=O)(=O)c1ccc2c(c1)CCN(C)C2. The fourth-order valence-corrected chi connectivity index (χ4v) is 6.29. The summed E-state index contributed by atoms with van der Waals surface area (Å²) in [5, 5.41) is 9.33. The standard InChI is InChI=1S/C29H34N4O5S/c1-4-38-29(35)27-14-20(2)10-13-33(27)28(34)26(16-21-6-5-7-22(15-21)18-30)31-39(36,37)25-9-8-24-19-32(3)12-11-23(24)17-25/h5-10,15,17,26-27,31H,4,11-14,16,19H2,1-3H3/t26-,27+/m0/s1. The second kappa shape index (κ2) is 12.1. The van der Waals surface area contributed by atoms with Gasteiger partial charge in [-0.05, 0) is 81.1 Å². The minimum atomic E-state index is -4.09. The third-order valence-electron chi connectivity index (χ3n) is 7.15. The van der Waals surface area contributed by atoms with E-state index in [1.165, 1.54) is 4.90 Å². The number of sulfonamides is 1. The van der Waals surface area contributed by atoms with E-state index < -0.39 is 34.0 Å². The van der Waals surface area contributed by atoms with Crippen LogP contribution in [0.3, 0.4) is 0 Å². The van der Waals surface area contributed by atoms with E-state index >= 15 is 0 Å². The molecule has 0 aromatic heterocycles. The Bertz CT molecular complexity index is 1430. The number of rotatable bonds is 8. The van der Waals surface area contributed by atoms with E-state index in [4.69, 9.17) is 4.74 Å².